The Morgan fingerprint density at radius 2 is 1.46 bits per heavy atom. The maximum atomic E-state index is 13.7. The highest BCUT2D eigenvalue weighted by Crippen LogP contribution is 2.62. The standard InChI is InChI=1S/C25H26F6O6/c1-12-4-3-5-13(2)18(12)20(34)36-19-15-6-14-7-16(19)10-22(8-14,9-15)21(35)37-23(11-17(32)33,24(26,27)28)25(29,30)31/h3-5,14-16,19H,6-11H2,1-2H3,(H,32,33). The van der Waals surface area contributed by atoms with Crippen molar-refractivity contribution in [3.8, 4) is 0 Å². The molecular formula is C25H26F6O6. The van der Waals surface area contributed by atoms with Gasteiger partial charge in [-0.2, -0.15) is 26.3 Å². The minimum atomic E-state index is -6.20. The van der Waals surface area contributed by atoms with Gasteiger partial charge in [-0.15, -0.1) is 0 Å². The molecule has 0 amide bonds. The number of rotatable bonds is 6. The van der Waals surface area contributed by atoms with E-state index in [-0.39, 0.29) is 25.2 Å². The van der Waals surface area contributed by atoms with Crippen LogP contribution < -0.4 is 0 Å². The van der Waals surface area contributed by atoms with E-state index in [4.69, 9.17) is 9.84 Å². The molecule has 5 rings (SSSR count). The average molecular weight is 536 g/mol. The van der Waals surface area contributed by atoms with Gasteiger partial charge in [0.1, 0.15) is 12.5 Å². The van der Waals surface area contributed by atoms with Crippen LogP contribution in [0.25, 0.3) is 0 Å². The lowest BCUT2D eigenvalue weighted by atomic mass is 9.48. The second-order valence-corrected chi connectivity index (χ2v) is 10.7. The van der Waals surface area contributed by atoms with Crippen LogP contribution in [0.5, 0.6) is 0 Å². The van der Waals surface area contributed by atoms with Gasteiger partial charge in [-0.25, -0.2) is 4.79 Å². The molecule has 4 bridgehead atoms. The first-order valence-electron chi connectivity index (χ1n) is 11.9. The topological polar surface area (TPSA) is 89.9 Å². The summed E-state index contributed by atoms with van der Waals surface area (Å²) in [6.07, 6.45) is -14.7. The molecule has 0 saturated heterocycles. The number of ether oxygens (including phenoxy) is 2. The van der Waals surface area contributed by atoms with Gasteiger partial charge >= 0.3 is 35.9 Å². The van der Waals surface area contributed by atoms with Crippen molar-refractivity contribution in [3.63, 3.8) is 0 Å². The number of esters is 2. The summed E-state index contributed by atoms with van der Waals surface area (Å²) in [5, 5.41) is 8.83. The zero-order chi connectivity index (χ0) is 27.6. The first-order chi connectivity index (χ1) is 17.0. The van der Waals surface area contributed by atoms with E-state index in [1.165, 1.54) is 0 Å². The zero-order valence-electron chi connectivity index (χ0n) is 20.0. The molecule has 12 heteroatoms. The van der Waals surface area contributed by atoms with Crippen LogP contribution in [0.15, 0.2) is 18.2 Å². The minimum absolute atomic E-state index is 0.0370. The number of carbonyl (C=O) groups excluding carboxylic acids is 2. The molecule has 4 saturated carbocycles. The summed E-state index contributed by atoms with van der Waals surface area (Å²) in [7, 11) is 0. The highest BCUT2D eigenvalue weighted by Gasteiger charge is 2.76. The van der Waals surface area contributed by atoms with E-state index in [0.717, 1.165) is 0 Å². The second kappa shape index (κ2) is 8.90. The quantitative estimate of drug-likeness (QED) is 0.380. The number of benzene rings is 1. The molecule has 0 aromatic heterocycles. The van der Waals surface area contributed by atoms with Gasteiger partial charge < -0.3 is 14.6 Å². The van der Waals surface area contributed by atoms with Gasteiger partial charge in [0, 0.05) is 0 Å². The summed E-state index contributed by atoms with van der Waals surface area (Å²) < 4.78 is 92.1. The van der Waals surface area contributed by atoms with Gasteiger partial charge in [-0.1, -0.05) is 18.2 Å². The molecule has 0 radical (unpaired) electrons. The SMILES string of the molecule is Cc1cccc(C)c1C(=O)OC1C2CC3CC1CC(C(=O)OC(CC(=O)O)(C(F)(F)F)C(F)(F)F)(C3)C2. The maximum absolute atomic E-state index is 13.7. The monoisotopic (exact) mass is 536 g/mol. The summed E-state index contributed by atoms with van der Waals surface area (Å²) in [5.74, 6) is -5.74. The van der Waals surface area contributed by atoms with Gasteiger partial charge in [0.2, 0.25) is 0 Å². The molecule has 37 heavy (non-hydrogen) atoms. The number of carbonyl (C=O) groups is 3. The lowest BCUT2D eigenvalue weighted by molar-refractivity contribution is -0.372. The number of aryl methyl sites for hydroxylation is 2. The van der Waals surface area contributed by atoms with Crippen LogP contribution in [0.3, 0.4) is 0 Å². The van der Waals surface area contributed by atoms with Crippen LogP contribution in [0.1, 0.15) is 60.0 Å². The van der Waals surface area contributed by atoms with E-state index in [9.17, 15) is 40.7 Å². The predicted octanol–water partition coefficient (Wildman–Crippen LogP) is 5.54. The van der Waals surface area contributed by atoms with E-state index in [2.05, 4.69) is 4.74 Å². The molecule has 0 heterocycles. The number of carboxylic acid groups (broad SMARTS) is 1. The van der Waals surface area contributed by atoms with Gasteiger partial charge in [0.25, 0.3) is 0 Å². The lowest BCUT2D eigenvalue weighted by Crippen LogP contribution is -2.64. The number of hydrogen-bond donors (Lipinski definition) is 1. The van der Waals surface area contributed by atoms with E-state index < -0.39 is 65.6 Å². The van der Waals surface area contributed by atoms with Crippen molar-refractivity contribution in [2.75, 3.05) is 0 Å². The van der Waals surface area contributed by atoms with Crippen molar-refractivity contribution in [1.82, 2.24) is 0 Å². The Kier molecular flexibility index (Phi) is 6.56. The minimum Gasteiger partial charge on any atom is -0.481 e. The zero-order valence-corrected chi connectivity index (χ0v) is 20.0. The van der Waals surface area contributed by atoms with Gasteiger partial charge in [-0.3, -0.25) is 9.59 Å². The molecule has 6 nitrogen and oxygen atoms in total. The number of hydrogen-bond acceptors (Lipinski definition) is 5. The molecule has 2 unspecified atom stereocenters. The molecule has 4 aliphatic carbocycles. The predicted molar refractivity (Wildman–Crippen MR) is 114 cm³/mol. The summed E-state index contributed by atoms with van der Waals surface area (Å²) in [4.78, 5) is 37.1. The first-order valence-corrected chi connectivity index (χ1v) is 11.9. The highest BCUT2D eigenvalue weighted by atomic mass is 19.4. The highest BCUT2D eigenvalue weighted by molar-refractivity contribution is 5.92. The Labute approximate surface area is 208 Å². The summed E-state index contributed by atoms with van der Waals surface area (Å²) in [6, 6.07) is 5.28. The normalized spacial score (nSPS) is 29.2. The Morgan fingerprint density at radius 1 is 0.946 bits per heavy atom. The van der Waals surface area contributed by atoms with Crippen molar-refractivity contribution in [2.45, 2.75) is 76.4 Å². The summed E-state index contributed by atoms with van der Waals surface area (Å²) in [5.41, 5.74) is -5.02. The lowest BCUT2D eigenvalue weighted by Gasteiger charge is -2.58. The molecule has 1 aromatic rings. The molecule has 4 fully saturated rings. The Bertz CT molecular complexity index is 1060. The van der Waals surface area contributed by atoms with Crippen molar-refractivity contribution in [1.29, 1.82) is 0 Å². The Hall–Kier alpha value is -2.79. The fourth-order valence-corrected chi connectivity index (χ4v) is 6.73. The fraction of sp³-hybridized carbons (Fsp3) is 0.640. The van der Waals surface area contributed by atoms with Crippen LogP contribution in [-0.2, 0) is 19.1 Å². The third-order valence-electron chi connectivity index (χ3n) is 8.13. The van der Waals surface area contributed by atoms with Gasteiger partial charge in [0.05, 0.1) is 11.0 Å². The fourth-order valence-electron chi connectivity index (χ4n) is 6.73. The number of aliphatic carboxylic acids is 1. The molecular weight excluding hydrogens is 510 g/mol. The van der Waals surface area contributed by atoms with E-state index in [1.54, 1.807) is 32.0 Å². The average Bonchev–Trinajstić information content (AvgIpc) is 2.73. The number of alkyl halides is 6. The molecule has 2 atom stereocenters. The van der Waals surface area contributed by atoms with Crippen LogP contribution in [-0.4, -0.2) is 47.1 Å². The first kappa shape index (κ1) is 27.3. The number of carboxylic acids is 1. The smallest absolute Gasteiger partial charge is 0.438 e. The van der Waals surface area contributed by atoms with E-state index in [1.807, 2.05) is 0 Å². The molecule has 0 spiro atoms. The summed E-state index contributed by atoms with van der Waals surface area (Å²) >= 11 is 0. The van der Waals surface area contributed by atoms with Crippen molar-refractivity contribution in [3.05, 3.63) is 34.9 Å². The summed E-state index contributed by atoms with van der Waals surface area (Å²) in [6.45, 7) is 3.49. The molecule has 4 aliphatic rings. The largest absolute Gasteiger partial charge is 0.481 e. The van der Waals surface area contributed by atoms with Gasteiger partial charge in [-0.05, 0) is 74.8 Å². The molecule has 0 aliphatic heterocycles. The van der Waals surface area contributed by atoms with Crippen molar-refractivity contribution >= 4 is 17.9 Å². The number of halogens is 6. The van der Waals surface area contributed by atoms with Crippen LogP contribution in [0.4, 0.5) is 26.3 Å². The van der Waals surface area contributed by atoms with Crippen LogP contribution in [0.2, 0.25) is 0 Å². The molecule has 1 aromatic carbocycles. The van der Waals surface area contributed by atoms with Crippen molar-refractivity contribution < 1.29 is 55.3 Å². The second-order valence-electron chi connectivity index (χ2n) is 10.7. The van der Waals surface area contributed by atoms with Crippen LogP contribution in [0, 0.1) is 37.0 Å². The van der Waals surface area contributed by atoms with Gasteiger partial charge in [0.15, 0.2) is 0 Å². The van der Waals surface area contributed by atoms with Crippen LogP contribution >= 0.6 is 0 Å². The van der Waals surface area contributed by atoms with Crippen molar-refractivity contribution in [2.24, 2.45) is 23.2 Å². The maximum Gasteiger partial charge on any atom is 0.438 e. The third-order valence-corrected chi connectivity index (χ3v) is 8.13. The molecule has 1 N–H and O–H groups in total. The Balaban J connectivity index is 1.59. The van der Waals surface area contributed by atoms with E-state index in [0.29, 0.717) is 29.5 Å². The molecule has 204 valence electrons. The van der Waals surface area contributed by atoms with E-state index >= 15 is 0 Å². The Morgan fingerprint density at radius 3 is 1.92 bits per heavy atom. The third kappa shape index (κ3) is 4.56.